The highest BCUT2D eigenvalue weighted by molar-refractivity contribution is 7.98. The van der Waals surface area contributed by atoms with E-state index in [0.29, 0.717) is 11.3 Å². The van der Waals surface area contributed by atoms with E-state index >= 15 is 0 Å². The molecule has 0 aliphatic rings. The molecule has 0 spiro atoms. The highest BCUT2D eigenvalue weighted by atomic mass is 32.2. The minimum Gasteiger partial charge on any atom is -0.496 e. The number of furan rings is 1. The Kier molecular flexibility index (Phi) is 6.32. The Morgan fingerprint density at radius 3 is 2.47 bits per heavy atom. The van der Waals surface area contributed by atoms with Gasteiger partial charge in [-0.2, -0.15) is 0 Å². The van der Waals surface area contributed by atoms with Crippen LogP contribution in [0.2, 0.25) is 0 Å². The number of amides is 1. The highest BCUT2D eigenvalue weighted by Gasteiger charge is 2.15. The number of ether oxygens (including phenoxy) is 1. The number of thioether (sulfide) groups is 1. The van der Waals surface area contributed by atoms with Crippen LogP contribution in [0.4, 0.5) is 10.1 Å². The minimum atomic E-state index is -0.295. The first kappa shape index (κ1) is 21.7. The summed E-state index contributed by atoms with van der Waals surface area (Å²) < 4.78 is 24.6. The Morgan fingerprint density at radius 1 is 1.09 bits per heavy atom. The van der Waals surface area contributed by atoms with E-state index in [1.165, 1.54) is 12.1 Å². The van der Waals surface area contributed by atoms with E-state index in [1.54, 1.807) is 49.4 Å². The average molecular weight is 448 g/mol. The number of anilines is 1. The van der Waals surface area contributed by atoms with Gasteiger partial charge in [-0.25, -0.2) is 4.39 Å². The van der Waals surface area contributed by atoms with Gasteiger partial charge in [-0.15, -0.1) is 11.8 Å². The molecule has 0 radical (unpaired) electrons. The van der Waals surface area contributed by atoms with Crippen molar-refractivity contribution < 1.29 is 18.3 Å². The van der Waals surface area contributed by atoms with E-state index in [2.05, 4.69) is 5.32 Å². The predicted octanol–water partition coefficient (Wildman–Crippen LogP) is 7.01. The van der Waals surface area contributed by atoms with Crippen molar-refractivity contribution in [3.8, 4) is 16.9 Å². The maximum absolute atomic E-state index is 13.3. The van der Waals surface area contributed by atoms with Crippen molar-refractivity contribution in [3.05, 3.63) is 84.4 Å². The smallest absolute Gasteiger partial charge is 0.248 e. The number of benzene rings is 3. The van der Waals surface area contributed by atoms with Crippen LogP contribution >= 0.6 is 11.8 Å². The van der Waals surface area contributed by atoms with Gasteiger partial charge in [0.2, 0.25) is 5.91 Å². The van der Waals surface area contributed by atoms with Crippen LogP contribution in [-0.4, -0.2) is 19.3 Å². The third-order valence-electron chi connectivity index (χ3n) is 5.18. The Hall–Kier alpha value is -3.51. The molecule has 4 rings (SSSR count). The zero-order valence-electron chi connectivity index (χ0n) is 17.9. The first-order chi connectivity index (χ1) is 15.5. The van der Waals surface area contributed by atoms with Crippen molar-refractivity contribution in [1.82, 2.24) is 0 Å². The number of fused-ring (bicyclic) bond motifs is 1. The van der Waals surface area contributed by atoms with Crippen LogP contribution in [0.1, 0.15) is 12.5 Å². The number of halogens is 1. The summed E-state index contributed by atoms with van der Waals surface area (Å²) >= 11 is 1.65. The van der Waals surface area contributed by atoms with E-state index in [-0.39, 0.29) is 11.7 Å². The summed E-state index contributed by atoms with van der Waals surface area (Å²) in [7, 11) is 1.58. The summed E-state index contributed by atoms with van der Waals surface area (Å²) in [6, 6.07) is 17.7. The minimum absolute atomic E-state index is 0.229. The normalized spacial score (nSPS) is 11.6. The molecule has 0 fully saturated rings. The summed E-state index contributed by atoms with van der Waals surface area (Å²) in [5, 5.41) is 3.74. The Bertz CT molecular complexity index is 1290. The summed E-state index contributed by atoms with van der Waals surface area (Å²) in [6.07, 6.45) is 5.19. The first-order valence-electron chi connectivity index (χ1n) is 9.97. The molecule has 3 aromatic carbocycles. The van der Waals surface area contributed by atoms with E-state index < -0.39 is 0 Å². The molecule has 0 unspecified atom stereocenters. The third kappa shape index (κ3) is 4.55. The van der Waals surface area contributed by atoms with Crippen LogP contribution in [0.3, 0.4) is 0 Å². The lowest BCUT2D eigenvalue weighted by Gasteiger charge is -2.10. The van der Waals surface area contributed by atoms with Gasteiger partial charge in [-0.05, 0) is 66.8 Å². The Morgan fingerprint density at radius 2 is 1.81 bits per heavy atom. The maximum atomic E-state index is 13.3. The molecule has 1 heterocycles. The summed E-state index contributed by atoms with van der Waals surface area (Å²) in [5.74, 6) is 0.0765. The molecule has 0 atom stereocenters. The molecule has 4 nitrogen and oxygen atoms in total. The van der Waals surface area contributed by atoms with Gasteiger partial charge < -0.3 is 14.5 Å². The van der Waals surface area contributed by atoms with Crippen molar-refractivity contribution in [1.29, 1.82) is 0 Å². The van der Waals surface area contributed by atoms with Gasteiger partial charge in [0.15, 0.2) is 0 Å². The van der Waals surface area contributed by atoms with Crippen molar-refractivity contribution >= 4 is 39.9 Å². The van der Waals surface area contributed by atoms with Crippen molar-refractivity contribution in [2.75, 3.05) is 18.7 Å². The quantitative estimate of drug-likeness (QED) is 0.255. The fraction of sp³-hybridized carbons (Fsp3) is 0.115. The van der Waals surface area contributed by atoms with Crippen LogP contribution in [0.25, 0.3) is 27.7 Å². The maximum Gasteiger partial charge on any atom is 0.248 e. The summed E-state index contributed by atoms with van der Waals surface area (Å²) in [6.45, 7) is 1.86. The second-order valence-corrected chi connectivity index (χ2v) is 8.13. The Balaban J connectivity index is 1.67. The molecule has 4 aromatic rings. The second kappa shape index (κ2) is 9.32. The number of carbonyl (C=O) groups is 1. The second-order valence-electron chi connectivity index (χ2n) is 7.25. The summed E-state index contributed by atoms with van der Waals surface area (Å²) in [5.41, 5.74) is 4.58. The van der Waals surface area contributed by atoms with Crippen molar-refractivity contribution in [2.45, 2.75) is 11.8 Å². The van der Waals surface area contributed by atoms with E-state index in [0.717, 1.165) is 38.2 Å². The van der Waals surface area contributed by atoms with Crippen LogP contribution in [0, 0.1) is 5.82 Å². The molecule has 0 saturated heterocycles. The standard InChI is InChI=1S/C26H22FNO3S/c1-16(12-26(29)28-19-8-10-20(32-3)11-9-19)21-13-22-23(17-4-6-18(27)7-5-17)15-31-25(22)14-24(21)30-2/h4-15H,1-3H3,(H,28,29)/b16-12+. The van der Waals surface area contributed by atoms with E-state index in [4.69, 9.17) is 9.15 Å². The fourth-order valence-electron chi connectivity index (χ4n) is 3.51. The lowest BCUT2D eigenvalue weighted by molar-refractivity contribution is -0.111. The van der Waals surface area contributed by atoms with E-state index in [9.17, 15) is 9.18 Å². The lowest BCUT2D eigenvalue weighted by atomic mass is 9.99. The van der Waals surface area contributed by atoms with Crippen LogP contribution in [0.15, 0.2) is 82.3 Å². The molecule has 0 bridgehead atoms. The van der Waals surface area contributed by atoms with Crippen molar-refractivity contribution in [2.24, 2.45) is 0 Å². The molecule has 1 N–H and O–H groups in total. The molecule has 162 valence electrons. The zero-order chi connectivity index (χ0) is 22.7. The third-order valence-corrected chi connectivity index (χ3v) is 5.92. The predicted molar refractivity (Wildman–Crippen MR) is 129 cm³/mol. The van der Waals surface area contributed by atoms with Crippen LogP contribution < -0.4 is 10.1 Å². The van der Waals surface area contributed by atoms with Gasteiger partial charge >= 0.3 is 0 Å². The molecule has 1 amide bonds. The molecule has 0 saturated carbocycles. The molecular weight excluding hydrogens is 425 g/mol. The van der Waals surface area contributed by atoms with Gasteiger partial charge in [0, 0.05) is 39.2 Å². The number of methoxy groups -OCH3 is 1. The topological polar surface area (TPSA) is 51.5 Å². The number of hydrogen-bond donors (Lipinski definition) is 1. The van der Waals surface area contributed by atoms with Crippen LogP contribution in [-0.2, 0) is 4.79 Å². The van der Waals surface area contributed by atoms with Gasteiger partial charge in [-0.1, -0.05) is 12.1 Å². The molecule has 32 heavy (non-hydrogen) atoms. The zero-order valence-corrected chi connectivity index (χ0v) is 18.8. The average Bonchev–Trinajstić information content (AvgIpc) is 3.22. The van der Waals surface area contributed by atoms with Gasteiger partial charge in [0.05, 0.1) is 13.4 Å². The molecular formula is C26H22FNO3S. The number of hydrogen-bond acceptors (Lipinski definition) is 4. The lowest BCUT2D eigenvalue weighted by Crippen LogP contribution is -2.08. The van der Waals surface area contributed by atoms with Gasteiger partial charge in [-0.3, -0.25) is 4.79 Å². The fourth-order valence-corrected chi connectivity index (χ4v) is 3.92. The summed E-state index contributed by atoms with van der Waals surface area (Å²) in [4.78, 5) is 13.7. The SMILES string of the molecule is COc1cc2occ(-c3ccc(F)cc3)c2cc1/C(C)=C/C(=O)Nc1ccc(SC)cc1. The number of allylic oxidation sites excluding steroid dienone is 1. The first-order valence-corrected chi connectivity index (χ1v) is 11.2. The van der Waals surface area contributed by atoms with Gasteiger partial charge in [0.1, 0.15) is 17.1 Å². The largest absolute Gasteiger partial charge is 0.496 e. The number of rotatable bonds is 6. The Labute approximate surface area is 190 Å². The molecule has 0 aliphatic carbocycles. The molecule has 1 aromatic heterocycles. The number of nitrogens with one attached hydrogen (secondary N) is 1. The van der Waals surface area contributed by atoms with Crippen molar-refractivity contribution in [3.63, 3.8) is 0 Å². The van der Waals surface area contributed by atoms with E-state index in [1.807, 2.05) is 43.5 Å². The number of carbonyl (C=O) groups excluding carboxylic acids is 1. The highest BCUT2D eigenvalue weighted by Crippen LogP contribution is 2.37. The molecule has 6 heteroatoms. The van der Waals surface area contributed by atoms with Gasteiger partial charge in [0.25, 0.3) is 0 Å². The molecule has 0 aliphatic heterocycles. The monoisotopic (exact) mass is 447 g/mol. The van der Waals surface area contributed by atoms with Crippen LogP contribution in [0.5, 0.6) is 5.75 Å².